The molecule has 3 aromatic rings. The average molecular weight is 371 g/mol. The summed E-state index contributed by atoms with van der Waals surface area (Å²) in [5.41, 5.74) is 2.02. The third-order valence-corrected chi connectivity index (χ3v) is 5.22. The van der Waals surface area contributed by atoms with Gasteiger partial charge in [-0.1, -0.05) is 12.1 Å². The van der Waals surface area contributed by atoms with Crippen molar-refractivity contribution >= 4 is 17.3 Å². The minimum absolute atomic E-state index is 0.0964. The minimum atomic E-state index is -0.496. The van der Waals surface area contributed by atoms with E-state index in [9.17, 15) is 9.50 Å². The number of aliphatic hydroxyl groups is 1. The molecule has 1 aromatic carbocycles. The Kier molecular flexibility index (Phi) is 4.57. The van der Waals surface area contributed by atoms with Crippen molar-refractivity contribution in [2.75, 3.05) is 18.6 Å². The van der Waals surface area contributed by atoms with Crippen molar-refractivity contribution in [1.82, 2.24) is 9.97 Å². The first-order valence-electron chi connectivity index (χ1n) is 8.29. The van der Waals surface area contributed by atoms with E-state index in [4.69, 9.17) is 4.74 Å². The summed E-state index contributed by atoms with van der Waals surface area (Å²) in [5.74, 6) is 0.713. The Morgan fingerprint density at radius 1 is 1.35 bits per heavy atom. The van der Waals surface area contributed by atoms with Crippen LogP contribution in [0.2, 0.25) is 0 Å². The predicted molar refractivity (Wildman–Crippen MR) is 99.0 cm³/mol. The summed E-state index contributed by atoms with van der Waals surface area (Å²) in [6.07, 6.45) is 1.26. The Bertz CT molecular complexity index is 904. The van der Waals surface area contributed by atoms with Gasteiger partial charge in [-0.25, -0.2) is 14.4 Å². The van der Waals surface area contributed by atoms with Gasteiger partial charge in [-0.05, 0) is 35.6 Å². The van der Waals surface area contributed by atoms with Crippen LogP contribution in [0.1, 0.15) is 18.0 Å². The number of aromatic nitrogens is 2. The summed E-state index contributed by atoms with van der Waals surface area (Å²) < 4.78 is 19.5. The molecule has 5 nitrogen and oxygen atoms in total. The lowest BCUT2D eigenvalue weighted by Gasteiger charge is -2.25. The zero-order valence-corrected chi connectivity index (χ0v) is 15.0. The van der Waals surface area contributed by atoms with E-state index in [0.29, 0.717) is 18.9 Å². The molecule has 0 bridgehead atoms. The van der Waals surface area contributed by atoms with E-state index in [1.165, 1.54) is 17.5 Å². The van der Waals surface area contributed by atoms with Gasteiger partial charge in [0.15, 0.2) is 5.82 Å². The molecule has 1 N–H and O–H groups in total. The van der Waals surface area contributed by atoms with Crippen LogP contribution in [0.25, 0.3) is 11.3 Å². The van der Waals surface area contributed by atoms with Gasteiger partial charge in [-0.3, -0.25) is 0 Å². The Morgan fingerprint density at radius 2 is 2.23 bits per heavy atom. The summed E-state index contributed by atoms with van der Waals surface area (Å²) >= 11 is 1.49. The van der Waals surface area contributed by atoms with Crippen LogP contribution < -0.4 is 9.64 Å². The number of halogens is 1. The third kappa shape index (κ3) is 3.15. The number of aliphatic hydroxyl groups excluding tert-OH is 1. The van der Waals surface area contributed by atoms with E-state index in [1.54, 1.807) is 7.11 Å². The van der Waals surface area contributed by atoms with E-state index in [0.717, 1.165) is 16.9 Å². The smallest absolute Gasteiger partial charge is 0.226 e. The molecule has 0 amide bonds. The zero-order valence-electron chi connectivity index (χ0n) is 14.2. The number of nitrogens with zero attached hydrogens (tertiary/aromatic N) is 3. The molecule has 7 heteroatoms. The number of thiophene rings is 1. The lowest BCUT2D eigenvalue weighted by Crippen LogP contribution is -2.26. The van der Waals surface area contributed by atoms with Gasteiger partial charge >= 0.3 is 0 Å². The van der Waals surface area contributed by atoms with Crippen LogP contribution in [0.15, 0.2) is 47.3 Å². The molecular weight excluding hydrogens is 353 g/mol. The highest BCUT2D eigenvalue weighted by atomic mass is 32.1. The molecule has 1 saturated heterocycles. The first-order valence-corrected chi connectivity index (χ1v) is 9.23. The molecular formula is C19H18FN3O2S. The Morgan fingerprint density at radius 3 is 3.00 bits per heavy atom. The molecule has 2 aromatic heterocycles. The predicted octanol–water partition coefficient (Wildman–Crippen LogP) is 3.67. The van der Waals surface area contributed by atoms with Crippen LogP contribution in [-0.4, -0.2) is 34.8 Å². The first kappa shape index (κ1) is 16.9. The molecule has 1 aliphatic rings. The van der Waals surface area contributed by atoms with E-state index in [-0.39, 0.29) is 11.7 Å². The molecule has 0 saturated carbocycles. The van der Waals surface area contributed by atoms with Gasteiger partial charge in [-0.2, -0.15) is 11.3 Å². The fraction of sp³-hybridized carbons (Fsp3) is 0.263. The lowest BCUT2D eigenvalue weighted by atomic mass is 10.0. The Labute approximate surface area is 154 Å². The van der Waals surface area contributed by atoms with Crippen molar-refractivity contribution in [3.8, 4) is 17.0 Å². The normalized spacial score (nSPS) is 19.7. The maximum Gasteiger partial charge on any atom is 0.226 e. The highest BCUT2D eigenvalue weighted by molar-refractivity contribution is 7.08. The second kappa shape index (κ2) is 7.01. The van der Waals surface area contributed by atoms with Crippen molar-refractivity contribution in [3.05, 3.63) is 58.7 Å². The summed E-state index contributed by atoms with van der Waals surface area (Å²) in [7, 11) is 1.62. The molecule has 1 fully saturated rings. The second-order valence-corrected chi connectivity index (χ2v) is 6.99. The van der Waals surface area contributed by atoms with Crippen molar-refractivity contribution in [1.29, 1.82) is 0 Å². The summed E-state index contributed by atoms with van der Waals surface area (Å²) in [4.78, 5) is 10.6. The van der Waals surface area contributed by atoms with Crippen LogP contribution in [0.3, 0.4) is 0 Å². The van der Waals surface area contributed by atoms with Gasteiger partial charge in [0.2, 0.25) is 5.95 Å². The molecule has 0 aliphatic carbocycles. The molecule has 2 atom stereocenters. The molecule has 0 radical (unpaired) electrons. The second-order valence-electron chi connectivity index (χ2n) is 6.21. The van der Waals surface area contributed by atoms with Crippen molar-refractivity contribution < 1.29 is 14.2 Å². The molecule has 0 spiro atoms. The molecule has 26 heavy (non-hydrogen) atoms. The van der Waals surface area contributed by atoms with Crippen LogP contribution >= 0.6 is 11.3 Å². The van der Waals surface area contributed by atoms with Gasteiger partial charge < -0.3 is 14.7 Å². The van der Waals surface area contributed by atoms with E-state index < -0.39 is 11.9 Å². The Balaban J connectivity index is 1.72. The summed E-state index contributed by atoms with van der Waals surface area (Å²) in [6, 6.07) is 9.46. The van der Waals surface area contributed by atoms with Crippen LogP contribution in [0.5, 0.6) is 5.75 Å². The van der Waals surface area contributed by atoms with Crippen molar-refractivity contribution in [3.63, 3.8) is 0 Å². The van der Waals surface area contributed by atoms with Crippen LogP contribution in [0.4, 0.5) is 10.3 Å². The summed E-state index contributed by atoms with van der Waals surface area (Å²) in [6.45, 7) is 0.399. The fourth-order valence-corrected chi connectivity index (χ4v) is 3.94. The number of ether oxygens (including phenoxy) is 1. The van der Waals surface area contributed by atoms with E-state index in [1.807, 2.05) is 46.0 Å². The van der Waals surface area contributed by atoms with Gasteiger partial charge in [-0.15, -0.1) is 0 Å². The average Bonchev–Trinajstić information content (AvgIpc) is 3.32. The zero-order chi connectivity index (χ0) is 18.1. The molecule has 134 valence electrons. The summed E-state index contributed by atoms with van der Waals surface area (Å²) in [5, 5.41) is 14.0. The van der Waals surface area contributed by atoms with E-state index in [2.05, 4.69) is 9.97 Å². The van der Waals surface area contributed by atoms with Gasteiger partial charge in [0.25, 0.3) is 0 Å². The lowest BCUT2D eigenvalue weighted by molar-refractivity contribution is 0.194. The molecule has 3 heterocycles. The molecule has 2 unspecified atom stereocenters. The molecule has 4 rings (SSSR count). The number of rotatable bonds is 4. The monoisotopic (exact) mass is 371 g/mol. The van der Waals surface area contributed by atoms with Crippen molar-refractivity contribution in [2.45, 2.75) is 18.6 Å². The molecule has 1 aliphatic heterocycles. The van der Waals surface area contributed by atoms with Gasteiger partial charge in [0, 0.05) is 17.5 Å². The number of benzene rings is 1. The van der Waals surface area contributed by atoms with E-state index >= 15 is 0 Å². The van der Waals surface area contributed by atoms with Gasteiger partial charge in [0.1, 0.15) is 11.4 Å². The van der Waals surface area contributed by atoms with Crippen LogP contribution in [-0.2, 0) is 0 Å². The van der Waals surface area contributed by atoms with Gasteiger partial charge in [0.05, 0.1) is 25.5 Å². The maximum absolute atomic E-state index is 14.2. The third-order valence-electron chi connectivity index (χ3n) is 4.54. The quantitative estimate of drug-likeness (QED) is 0.758. The maximum atomic E-state index is 14.2. The first-order chi connectivity index (χ1) is 12.7. The highest BCUT2D eigenvalue weighted by Gasteiger charge is 2.34. The fourth-order valence-electron chi connectivity index (χ4n) is 3.30. The van der Waals surface area contributed by atoms with Crippen molar-refractivity contribution in [2.24, 2.45) is 0 Å². The number of β-amino-alcohol motifs (C(OH)–C–C–N with tert-alkyl or cyclic N) is 1. The number of methoxy groups -OCH3 is 1. The standard InChI is InChI=1S/C19H18FN3O2S/c1-25-15-4-2-3-12(7-15)17-8-14(24)10-23(17)19-21-9-16(20)18(22-19)13-5-6-26-11-13/h2-7,9,11,14,17,24H,8,10H2,1H3. The number of anilines is 1. The minimum Gasteiger partial charge on any atom is -0.497 e. The highest BCUT2D eigenvalue weighted by Crippen LogP contribution is 2.36. The van der Waals surface area contributed by atoms with Crippen LogP contribution in [0, 0.1) is 5.82 Å². The number of hydrogen-bond donors (Lipinski definition) is 1. The number of hydrogen-bond acceptors (Lipinski definition) is 6. The topological polar surface area (TPSA) is 58.5 Å². The largest absolute Gasteiger partial charge is 0.497 e. The SMILES string of the molecule is COc1cccc(C2CC(O)CN2c2ncc(F)c(-c3ccsc3)n2)c1. The Hall–Kier alpha value is -2.51.